The van der Waals surface area contributed by atoms with Crippen LogP contribution in [0, 0.1) is 5.82 Å². The number of aryl methyl sites for hydroxylation is 1. The third-order valence-corrected chi connectivity index (χ3v) is 5.68. The van der Waals surface area contributed by atoms with E-state index in [1.807, 2.05) is 42.6 Å². The van der Waals surface area contributed by atoms with Crippen molar-refractivity contribution in [3.8, 4) is 11.3 Å². The Morgan fingerprint density at radius 3 is 2.53 bits per heavy atom. The molecule has 0 atom stereocenters. The number of halogens is 1. The van der Waals surface area contributed by atoms with Crippen molar-refractivity contribution in [2.75, 3.05) is 4.90 Å². The van der Waals surface area contributed by atoms with Crippen molar-refractivity contribution in [2.24, 2.45) is 0 Å². The van der Waals surface area contributed by atoms with E-state index in [4.69, 9.17) is 0 Å². The Labute approximate surface area is 188 Å². The van der Waals surface area contributed by atoms with Gasteiger partial charge in [-0.15, -0.1) is 11.3 Å². The first kappa shape index (κ1) is 21.6. The molecule has 0 saturated heterocycles. The summed E-state index contributed by atoms with van der Waals surface area (Å²) in [5.74, 6) is -0.669. The summed E-state index contributed by atoms with van der Waals surface area (Å²) in [6.07, 6.45) is 0.728. The average molecular weight is 449 g/mol. The second kappa shape index (κ2) is 9.65. The summed E-state index contributed by atoms with van der Waals surface area (Å²) in [7, 11) is 0. The van der Waals surface area contributed by atoms with Crippen molar-refractivity contribution in [1.29, 1.82) is 0 Å². The normalized spacial score (nSPS) is 10.8. The molecule has 0 aliphatic heterocycles. The van der Waals surface area contributed by atoms with Crippen LogP contribution < -0.4 is 10.5 Å². The molecule has 1 amide bonds. The highest BCUT2D eigenvalue weighted by molar-refractivity contribution is 7.14. The first-order valence-corrected chi connectivity index (χ1v) is 11.1. The SMILES string of the molecule is CCCn1nc(C(=O)N(Cc2ccccc2)c2nc(-c3ccc(F)cc3)cs2)ccc1=O. The van der Waals surface area contributed by atoms with Gasteiger partial charge in [-0.2, -0.15) is 5.10 Å². The van der Waals surface area contributed by atoms with Gasteiger partial charge in [0, 0.05) is 23.6 Å². The molecule has 0 aliphatic rings. The number of anilines is 1. The molecular formula is C24H21FN4O2S. The van der Waals surface area contributed by atoms with Gasteiger partial charge in [-0.05, 0) is 42.3 Å². The Balaban J connectivity index is 1.71. The summed E-state index contributed by atoms with van der Waals surface area (Å²) in [6.45, 7) is 2.67. The van der Waals surface area contributed by atoms with E-state index < -0.39 is 0 Å². The molecule has 162 valence electrons. The zero-order valence-corrected chi connectivity index (χ0v) is 18.3. The van der Waals surface area contributed by atoms with E-state index in [0.29, 0.717) is 23.9 Å². The number of thiazole rings is 1. The monoisotopic (exact) mass is 448 g/mol. The maximum Gasteiger partial charge on any atom is 0.280 e. The molecule has 0 saturated carbocycles. The van der Waals surface area contributed by atoms with Crippen LogP contribution >= 0.6 is 11.3 Å². The molecule has 0 radical (unpaired) electrons. The standard InChI is InChI=1S/C24H21FN4O2S/c1-2-14-29-22(30)13-12-20(27-29)23(31)28(15-17-6-4-3-5-7-17)24-26-21(16-32-24)18-8-10-19(25)11-9-18/h3-13,16H,2,14-15H2,1H3. The maximum atomic E-state index is 13.5. The minimum Gasteiger partial charge on any atom is -0.278 e. The van der Waals surface area contributed by atoms with Crippen molar-refractivity contribution in [3.63, 3.8) is 0 Å². The predicted octanol–water partition coefficient (Wildman–Crippen LogP) is 4.76. The Morgan fingerprint density at radius 2 is 1.81 bits per heavy atom. The Bertz CT molecular complexity index is 1270. The largest absolute Gasteiger partial charge is 0.280 e. The smallest absolute Gasteiger partial charge is 0.278 e. The van der Waals surface area contributed by atoms with Crippen LogP contribution in [0.2, 0.25) is 0 Å². The first-order chi connectivity index (χ1) is 15.5. The van der Waals surface area contributed by atoms with E-state index in [-0.39, 0.29) is 23.0 Å². The Morgan fingerprint density at radius 1 is 1.06 bits per heavy atom. The fourth-order valence-electron chi connectivity index (χ4n) is 3.21. The van der Waals surface area contributed by atoms with Crippen molar-refractivity contribution < 1.29 is 9.18 Å². The number of amides is 1. The molecule has 0 N–H and O–H groups in total. The molecule has 0 spiro atoms. The number of carbonyl (C=O) groups excluding carboxylic acids is 1. The number of carbonyl (C=O) groups is 1. The minimum absolute atomic E-state index is 0.174. The molecule has 0 aliphatic carbocycles. The summed E-state index contributed by atoms with van der Waals surface area (Å²) >= 11 is 1.32. The van der Waals surface area contributed by atoms with Gasteiger partial charge in [-0.3, -0.25) is 14.5 Å². The first-order valence-electron chi connectivity index (χ1n) is 10.2. The van der Waals surface area contributed by atoms with Crippen molar-refractivity contribution in [3.05, 3.63) is 99.5 Å². The molecular weight excluding hydrogens is 427 g/mol. The van der Waals surface area contributed by atoms with Crippen LogP contribution in [-0.4, -0.2) is 20.7 Å². The van der Waals surface area contributed by atoms with Crippen LogP contribution in [0.4, 0.5) is 9.52 Å². The third kappa shape index (κ3) is 4.81. The maximum absolute atomic E-state index is 13.5. The highest BCUT2D eigenvalue weighted by Gasteiger charge is 2.23. The molecule has 32 heavy (non-hydrogen) atoms. The highest BCUT2D eigenvalue weighted by Crippen LogP contribution is 2.29. The van der Waals surface area contributed by atoms with Gasteiger partial charge >= 0.3 is 0 Å². The van der Waals surface area contributed by atoms with Crippen molar-refractivity contribution in [1.82, 2.24) is 14.8 Å². The second-order valence-corrected chi connectivity index (χ2v) is 8.02. The fourth-order valence-corrected chi connectivity index (χ4v) is 4.04. The van der Waals surface area contributed by atoms with Crippen molar-refractivity contribution >= 4 is 22.4 Å². The molecule has 4 rings (SSSR count). The summed E-state index contributed by atoms with van der Waals surface area (Å²) in [4.78, 5) is 31.7. The molecule has 2 aromatic heterocycles. The van der Waals surface area contributed by atoms with Crippen LogP contribution in [0.15, 0.2) is 76.9 Å². The molecule has 2 aromatic carbocycles. The van der Waals surface area contributed by atoms with E-state index in [9.17, 15) is 14.0 Å². The molecule has 0 fully saturated rings. The van der Waals surface area contributed by atoms with Gasteiger partial charge in [0.15, 0.2) is 5.13 Å². The second-order valence-electron chi connectivity index (χ2n) is 7.18. The lowest BCUT2D eigenvalue weighted by molar-refractivity contribution is 0.0977. The molecule has 2 heterocycles. The molecule has 6 nitrogen and oxygen atoms in total. The van der Waals surface area contributed by atoms with Crippen LogP contribution in [0.1, 0.15) is 29.4 Å². The molecule has 0 unspecified atom stereocenters. The lowest BCUT2D eigenvalue weighted by Crippen LogP contribution is -2.33. The van der Waals surface area contributed by atoms with Gasteiger partial charge in [0.05, 0.1) is 12.2 Å². The van der Waals surface area contributed by atoms with E-state index in [0.717, 1.165) is 17.5 Å². The number of benzene rings is 2. The van der Waals surface area contributed by atoms with Gasteiger partial charge in [0.25, 0.3) is 11.5 Å². The van der Waals surface area contributed by atoms with Crippen LogP contribution in [-0.2, 0) is 13.1 Å². The summed E-state index contributed by atoms with van der Waals surface area (Å²) in [5, 5.41) is 6.60. The Hall–Kier alpha value is -3.65. The minimum atomic E-state index is -0.348. The summed E-state index contributed by atoms with van der Waals surface area (Å²) in [5.41, 5.74) is 2.27. The highest BCUT2D eigenvalue weighted by atomic mass is 32.1. The predicted molar refractivity (Wildman–Crippen MR) is 123 cm³/mol. The molecule has 0 bridgehead atoms. The lowest BCUT2D eigenvalue weighted by Gasteiger charge is -2.20. The lowest BCUT2D eigenvalue weighted by atomic mass is 10.2. The van der Waals surface area contributed by atoms with E-state index in [2.05, 4.69) is 10.1 Å². The number of rotatable bonds is 7. The number of aromatic nitrogens is 3. The van der Waals surface area contributed by atoms with E-state index >= 15 is 0 Å². The number of nitrogens with zero attached hydrogens (tertiary/aromatic N) is 4. The number of hydrogen-bond acceptors (Lipinski definition) is 5. The van der Waals surface area contributed by atoms with Crippen molar-refractivity contribution in [2.45, 2.75) is 26.4 Å². The quantitative estimate of drug-likeness (QED) is 0.409. The Kier molecular flexibility index (Phi) is 6.51. The zero-order valence-electron chi connectivity index (χ0n) is 17.4. The van der Waals surface area contributed by atoms with Crippen LogP contribution in [0.5, 0.6) is 0 Å². The van der Waals surface area contributed by atoms with Gasteiger partial charge in [0.2, 0.25) is 0 Å². The van der Waals surface area contributed by atoms with E-state index in [1.54, 1.807) is 17.0 Å². The third-order valence-electron chi connectivity index (χ3n) is 4.81. The van der Waals surface area contributed by atoms with Crippen LogP contribution in [0.25, 0.3) is 11.3 Å². The average Bonchev–Trinajstić information content (AvgIpc) is 3.30. The van der Waals surface area contributed by atoms with Gasteiger partial charge in [0.1, 0.15) is 11.5 Å². The van der Waals surface area contributed by atoms with Gasteiger partial charge in [-0.25, -0.2) is 14.1 Å². The summed E-state index contributed by atoms with van der Waals surface area (Å²) < 4.78 is 14.6. The summed E-state index contributed by atoms with van der Waals surface area (Å²) in [6, 6.07) is 18.5. The number of hydrogen-bond donors (Lipinski definition) is 0. The fraction of sp³-hybridized carbons (Fsp3) is 0.167. The topological polar surface area (TPSA) is 68.1 Å². The van der Waals surface area contributed by atoms with Gasteiger partial charge < -0.3 is 0 Å². The molecule has 4 aromatic rings. The van der Waals surface area contributed by atoms with Gasteiger partial charge in [-0.1, -0.05) is 37.3 Å². The van der Waals surface area contributed by atoms with E-state index in [1.165, 1.54) is 40.3 Å². The van der Waals surface area contributed by atoms with Crippen LogP contribution in [0.3, 0.4) is 0 Å². The molecule has 8 heteroatoms. The zero-order chi connectivity index (χ0) is 22.5.